The number of carboxylic acids is 1. The predicted molar refractivity (Wildman–Crippen MR) is 73.1 cm³/mol. The van der Waals surface area contributed by atoms with E-state index in [-0.39, 0.29) is 11.7 Å². The number of phenolic OH excluding ortho intramolecular Hbond substituents is 1. The number of carboxylic acid groups (broad SMARTS) is 1. The zero-order chi connectivity index (χ0) is 13.8. The number of aliphatic carboxylic acids is 1. The van der Waals surface area contributed by atoms with Crippen LogP contribution >= 0.6 is 0 Å². The molecular weight excluding hydrogens is 242 g/mol. The lowest BCUT2D eigenvalue weighted by molar-refractivity contribution is -0.143. The molecule has 0 spiro atoms. The van der Waals surface area contributed by atoms with Gasteiger partial charge in [0.15, 0.2) is 0 Å². The minimum absolute atomic E-state index is 0.187. The smallest absolute Gasteiger partial charge is 0.306 e. The van der Waals surface area contributed by atoms with E-state index in [0.717, 1.165) is 32.4 Å². The van der Waals surface area contributed by atoms with Gasteiger partial charge in [-0.25, -0.2) is 0 Å². The Labute approximate surface area is 113 Å². The average Bonchev–Trinajstić information content (AvgIpc) is 2.42. The van der Waals surface area contributed by atoms with E-state index in [9.17, 15) is 9.90 Å². The summed E-state index contributed by atoms with van der Waals surface area (Å²) in [7, 11) is 0. The van der Waals surface area contributed by atoms with Crippen LogP contribution in [0.5, 0.6) is 5.75 Å². The molecule has 104 valence electrons. The number of aromatic hydroxyl groups is 1. The molecule has 0 saturated carbocycles. The van der Waals surface area contributed by atoms with Crippen LogP contribution in [0, 0.1) is 5.92 Å². The highest BCUT2D eigenvalue weighted by atomic mass is 16.4. The average molecular weight is 263 g/mol. The lowest BCUT2D eigenvalue weighted by Crippen LogP contribution is -2.38. The van der Waals surface area contributed by atoms with E-state index < -0.39 is 5.97 Å². The van der Waals surface area contributed by atoms with E-state index in [0.29, 0.717) is 6.04 Å². The molecule has 1 fully saturated rings. The standard InChI is InChI=1S/C15H21NO3/c1-2-14(11-3-5-13(17)6-4-11)16-9-7-12(8-10-16)15(18)19/h3-6,12,14,17H,2,7-10H2,1H3,(H,18,19). The first-order valence-electron chi connectivity index (χ1n) is 6.87. The fourth-order valence-corrected chi connectivity index (χ4v) is 2.86. The van der Waals surface area contributed by atoms with Crippen LogP contribution in [0.2, 0.25) is 0 Å². The summed E-state index contributed by atoms with van der Waals surface area (Å²) < 4.78 is 0. The predicted octanol–water partition coefficient (Wildman–Crippen LogP) is 2.64. The van der Waals surface area contributed by atoms with Crippen LogP contribution in [0.25, 0.3) is 0 Å². The van der Waals surface area contributed by atoms with Gasteiger partial charge in [-0.1, -0.05) is 19.1 Å². The van der Waals surface area contributed by atoms with Crippen molar-refractivity contribution in [2.45, 2.75) is 32.2 Å². The van der Waals surface area contributed by atoms with Crippen LogP contribution in [0.3, 0.4) is 0 Å². The number of hydrogen-bond donors (Lipinski definition) is 2. The highest BCUT2D eigenvalue weighted by molar-refractivity contribution is 5.70. The normalized spacial score (nSPS) is 19.2. The Morgan fingerprint density at radius 1 is 1.32 bits per heavy atom. The summed E-state index contributed by atoms with van der Waals surface area (Å²) in [5.74, 6) is -0.575. The van der Waals surface area contributed by atoms with E-state index in [1.165, 1.54) is 5.56 Å². The lowest BCUT2D eigenvalue weighted by Gasteiger charge is -2.36. The highest BCUT2D eigenvalue weighted by Gasteiger charge is 2.28. The Balaban J connectivity index is 2.03. The largest absolute Gasteiger partial charge is 0.508 e. The van der Waals surface area contributed by atoms with E-state index in [1.807, 2.05) is 12.1 Å². The molecule has 0 radical (unpaired) electrons. The SMILES string of the molecule is CCC(c1ccc(O)cc1)N1CCC(C(=O)O)CC1. The van der Waals surface area contributed by atoms with Gasteiger partial charge in [-0.05, 0) is 50.0 Å². The zero-order valence-corrected chi connectivity index (χ0v) is 11.2. The second kappa shape index (κ2) is 6.06. The minimum atomic E-state index is -0.669. The number of nitrogens with zero attached hydrogens (tertiary/aromatic N) is 1. The van der Waals surface area contributed by atoms with Crippen molar-refractivity contribution in [1.82, 2.24) is 4.90 Å². The number of piperidine rings is 1. The van der Waals surface area contributed by atoms with Crippen LogP contribution in [0.15, 0.2) is 24.3 Å². The summed E-state index contributed by atoms with van der Waals surface area (Å²) in [5, 5.41) is 18.4. The molecule has 1 atom stereocenters. The molecule has 0 bridgehead atoms. The van der Waals surface area contributed by atoms with E-state index >= 15 is 0 Å². The first kappa shape index (κ1) is 13.9. The van der Waals surface area contributed by atoms with Gasteiger partial charge in [0.1, 0.15) is 5.75 Å². The van der Waals surface area contributed by atoms with Crippen molar-refractivity contribution in [2.75, 3.05) is 13.1 Å². The third-order valence-electron chi connectivity index (χ3n) is 3.98. The van der Waals surface area contributed by atoms with E-state index in [1.54, 1.807) is 12.1 Å². The molecule has 1 aromatic rings. The fourth-order valence-electron chi connectivity index (χ4n) is 2.86. The number of hydrogen-bond acceptors (Lipinski definition) is 3. The Bertz CT molecular complexity index is 422. The van der Waals surface area contributed by atoms with Gasteiger partial charge in [-0.15, -0.1) is 0 Å². The van der Waals surface area contributed by atoms with Crippen molar-refractivity contribution < 1.29 is 15.0 Å². The summed E-state index contributed by atoms with van der Waals surface area (Å²) in [5.41, 5.74) is 1.19. The maximum absolute atomic E-state index is 11.0. The molecule has 1 heterocycles. The molecule has 0 amide bonds. The first-order chi connectivity index (χ1) is 9.11. The molecule has 4 heteroatoms. The molecule has 1 aromatic carbocycles. The van der Waals surface area contributed by atoms with Gasteiger partial charge < -0.3 is 10.2 Å². The van der Waals surface area contributed by atoms with Crippen molar-refractivity contribution in [3.63, 3.8) is 0 Å². The molecule has 4 nitrogen and oxygen atoms in total. The molecule has 0 aliphatic carbocycles. The Hall–Kier alpha value is -1.55. The van der Waals surface area contributed by atoms with Gasteiger partial charge in [-0.3, -0.25) is 9.69 Å². The molecule has 0 aromatic heterocycles. The van der Waals surface area contributed by atoms with Crippen LogP contribution < -0.4 is 0 Å². The summed E-state index contributed by atoms with van der Waals surface area (Å²) >= 11 is 0. The number of phenols is 1. The van der Waals surface area contributed by atoms with Crippen LogP contribution in [0.4, 0.5) is 0 Å². The van der Waals surface area contributed by atoms with Crippen molar-refractivity contribution in [2.24, 2.45) is 5.92 Å². The Morgan fingerprint density at radius 3 is 2.37 bits per heavy atom. The first-order valence-corrected chi connectivity index (χ1v) is 6.87. The third-order valence-corrected chi connectivity index (χ3v) is 3.98. The van der Waals surface area contributed by atoms with E-state index in [2.05, 4.69) is 11.8 Å². The van der Waals surface area contributed by atoms with Gasteiger partial charge >= 0.3 is 5.97 Å². The number of carbonyl (C=O) groups is 1. The topological polar surface area (TPSA) is 60.8 Å². The molecule has 1 unspecified atom stereocenters. The zero-order valence-electron chi connectivity index (χ0n) is 11.2. The number of rotatable bonds is 4. The Kier molecular flexibility index (Phi) is 4.43. The summed E-state index contributed by atoms with van der Waals surface area (Å²) in [6.07, 6.45) is 2.44. The molecule has 2 rings (SSSR count). The summed E-state index contributed by atoms with van der Waals surface area (Å²) in [6.45, 7) is 3.80. The maximum Gasteiger partial charge on any atom is 0.306 e. The summed E-state index contributed by atoms with van der Waals surface area (Å²) in [4.78, 5) is 13.3. The Morgan fingerprint density at radius 2 is 1.89 bits per heavy atom. The maximum atomic E-state index is 11.0. The van der Waals surface area contributed by atoms with E-state index in [4.69, 9.17) is 5.11 Å². The lowest BCUT2D eigenvalue weighted by atomic mass is 9.93. The molecular formula is C15H21NO3. The molecule has 2 N–H and O–H groups in total. The molecule has 1 aliphatic rings. The molecule has 1 aliphatic heterocycles. The van der Waals surface area contributed by atoms with Crippen molar-refractivity contribution in [3.05, 3.63) is 29.8 Å². The van der Waals surface area contributed by atoms with Gasteiger partial charge in [0.05, 0.1) is 5.92 Å². The monoisotopic (exact) mass is 263 g/mol. The number of likely N-dealkylation sites (tertiary alicyclic amines) is 1. The molecule has 19 heavy (non-hydrogen) atoms. The van der Waals surface area contributed by atoms with Gasteiger partial charge in [0, 0.05) is 6.04 Å². The second-order valence-electron chi connectivity index (χ2n) is 5.16. The van der Waals surface area contributed by atoms with Crippen molar-refractivity contribution >= 4 is 5.97 Å². The minimum Gasteiger partial charge on any atom is -0.508 e. The quantitative estimate of drug-likeness (QED) is 0.876. The molecule has 1 saturated heterocycles. The van der Waals surface area contributed by atoms with Crippen molar-refractivity contribution in [1.29, 1.82) is 0 Å². The second-order valence-corrected chi connectivity index (χ2v) is 5.16. The van der Waals surface area contributed by atoms with Gasteiger partial charge in [-0.2, -0.15) is 0 Å². The van der Waals surface area contributed by atoms with Crippen LogP contribution in [0.1, 0.15) is 37.8 Å². The van der Waals surface area contributed by atoms with Crippen LogP contribution in [-0.4, -0.2) is 34.2 Å². The van der Waals surface area contributed by atoms with Crippen molar-refractivity contribution in [3.8, 4) is 5.75 Å². The third kappa shape index (κ3) is 3.26. The highest BCUT2D eigenvalue weighted by Crippen LogP contribution is 2.30. The van der Waals surface area contributed by atoms with Gasteiger partial charge in [0.25, 0.3) is 0 Å². The fraction of sp³-hybridized carbons (Fsp3) is 0.533. The van der Waals surface area contributed by atoms with Crippen LogP contribution in [-0.2, 0) is 4.79 Å². The number of benzene rings is 1. The summed E-state index contributed by atoms with van der Waals surface area (Å²) in [6, 6.07) is 7.64. The van der Waals surface area contributed by atoms with Gasteiger partial charge in [0.2, 0.25) is 0 Å².